The van der Waals surface area contributed by atoms with Crippen LogP contribution >= 0.6 is 0 Å². The Bertz CT molecular complexity index is 1000. The van der Waals surface area contributed by atoms with Crippen LogP contribution in [0.3, 0.4) is 0 Å². The van der Waals surface area contributed by atoms with E-state index in [9.17, 15) is 9.59 Å². The maximum Gasteiger partial charge on any atom is 0.330 e. The zero-order valence-corrected chi connectivity index (χ0v) is 30.3. The Labute approximate surface area is 298 Å². The Morgan fingerprint density at radius 2 is 0.755 bits per heavy atom. The van der Waals surface area contributed by atoms with Gasteiger partial charge in [-0.3, -0.25) is 5.26 Å². The summed E-state index contributed by atoms with van der Waals surface area (Å²) < 4.78 is 10.1. The van der Waals surface area contributed by atoms with Gasteiger partial charge in [-0.2, -0.15) is 0 Å². The predicted octanol–water partition coefficient (Wildman–Crippen LogP) is 11.8. The van der Waals surface area contributed by atoms with Crippen molar-refractivity contribution in [3.05, 3.63) is 122 Å². The molecule has 0 aliphatic carbocycles. The summed E-state index contributed by atoms with van der Waals surface area (Å²) in [5.74, 6) is -1.22. The summed E-state index contributed by atoms with van der Waals surface area (Å²) in [6.07, 6.45) is 56.3. The zero-order valence-electron chi connectivity index (χ0n) is 30.3. The largest absolute Gasteiger partial charge is 0.459 e. The van der Waals surface area contributed by atoms with Gasteiger partial charge in [-0.1, -0.05) is 200 Å². The molecule has 0 saturated carbocycles. The molecule has 0 radical (unpaired) electrons. The van der Waals surface area contributed by atoms with Gasteiger partial charge >= 0.3 is 11.9 Å². The van der Waals surface area contributed by atoms with Crippen LogP contribution in [0.25, 0.3) is 0 Å². The number of ether oxygens (including phenoxy) is 2. The van der Waals surface area contributed by atoms with Crippen LogP contribution in [0.1, 0.15) is 117 Å². The summed E-state index contributed by atoms with van der Waals surface area (Å²) >= 11 is 0. The minimum atomic E-state index is -1.00. The number of esters is 2. The van der Waals surface area contributed by atoms with Crippen molar-refractivity contribution in [1.29, 1.82) is 0 Å². The monoisotopic (exact) mass is 676 g/mol. The highest BCUT2D eigenvalue weighted by Crippen LogP contribution is 2.09. The number of allylic oxidation sites excluding steroid dienone is 18. The van der Waals surface area contributed by atoms with Gasteiger partial charge in [0.05, 0.1) is 0 Å². The fourth-order valence-electron chi connectivity index (χ4n) is 4.38. The topological polar surface area (TPSA) is 82.1 Å². The van der Waals surface area contributed by atoms with E-state index >= 15 is 0 Å². The molecule has 1 N–H and O–H groups in total. The van der Waals surface area contributed by atoms with Crippen LogP contribution < -0.4 is 0 Å². The highest BCUT2D eigenvalue weighted by molar-refractivity contribution is 5.82. The van der Waals surface area contributed by atoms with Crippen molar-refractivity contribution in [3.8, 4) is 0 Å². The summed E-state index contributed by atoms with van der Waals surface area (Å²) in [4.78, 5) is 28.0. The summed E-state index contributed by atoms with van der Waals surface area (Å²) in [7, 11) is 0. The fraction of sp³-hybridized carbons (Fsp3) is 0.488. The number of hydrogen-bond acceptors (Lipinski definition) is 6. The summed E-state index contributed by atoms with van der Waals surface area (Å²) in [5.41, 5.74) is 0. The van der Waals surface area contributed by atoms with Crippen molar-refractivity contribution in [3.63, 3.8) is 0 Å². The number of hydrogen-bond donors (Lipinski definition) is 1. The Kier molecular flexibility index (Phi) is 35.8. The Hall–Kier alpha value is -3.74. The number of carbonyl (C=O) groups excluding carboxylic acids is 2. The third-order valence-corrected chi connectivity index (χ3v) is 7.21. The predicted molar refractivity (Wildman–Crippen MR) is 206 cm³/mol. The van der Waals surface area contributed by atoms with Crippen LogP contribution in [0.5, 0.6) is 0 Å². The molecule has 49 heavy (non-hydrogen) atoms. The Balaban J connectivity index is 4.02. The smallest absolute Gasteiger partial charge is 0.330 e. The van der Waals surface area contributed by atoms with E-state index in [2.05, 4.69) is 43.0 Å². The second-order valence-electron chi connectivity index (χ2n) is 11.7. The number of rotatable bonds is 31. The molecular weight excluding hydrogens is 612 g/mol. The van der Waals surface area contributed by atoms with Gasteiger partial charge in [0.1, 0.15) is 13.2 Å². The molecule has 0 bridgehead atoms. The van der Waals surface area contributed by atoms with E-state index < -0.39 is 18.0 Å². The van der Waals surface area contributed by atoms with E-state index in [1.54, 1.807) is 36.5 Å². The zero-order chi connectivity index (χ0) is 35.7. The summed E-state index contributed by atoms with van der Waals surface area (Å²) in [6.45, 7) is 3.94. The van der Waals surface area contributed by atoms with E-state index in [0.29, 0.717) is 0 Å². The van der Waals surface area contributed by atoms with Crippen molar-refractivity contribution in [2.45, 2.75) is 123 Å². The second-order valence-corrected chi connectivity index (χ2v) is 11.7. The maximum absolute atomic E-state index is 11.9. The second kappa shape index (κ2) is 38.7. The quantitative estimate of drug-likeness (QED) is 0.0196. The van der Waals surface area contributed by atoms with Crippen molar-refractivity contribution in [2.75, 3.05) is 13.2 Å². The van der Waals surface area contributed by atoms with E-state index in [1.807, 2.05) is 48.6 Å². The third-order valence-electron chi connectivity index (χ3n) is 7.21. The first-order valence-electron chi connectivity index (χ1n) is 18.4. The maximum atomic E-state index is 11.9. The van der Waals surface area contributed by atoms with Gasteiger partial charge in [0.15, 0.2) is 6.10 Å². The Morgan fingerprint density at radius 3 is 1.10 bits per heavy atom. The molecule has 6 heteroatoms. The molecule has 0 saturated heterocycles. The van der Waals surface area contributed by atoms with Crippen molar-refractivity contribution in [1.82, 2.24) is 0 Å². The van der Waals surface area contributed by atoms with Crippen LogP contribution in [0.15, 0.2) is 122 Å². The highest BCUT2D eigenvalue weighted by atomic mass is 17.1. The lowest BCUT2D eigenvalue weighted by atomic mass is 10.1. The number of carbonyl (C=O) groups is 2. The van der Waals surface area contributed by atoms with Crippen LogP contribution in [0.2, 0.25) is 0 Å². The van der Waals surface area contributed by atoms with E-state index in [1.165, 1.54) is 102 Å². The molecule has 0 aromatic carbocycles. The molecule has 0 heterocycles. The molecule has 0 fully saturated rings. The highest BCUT2D eigenvalue weighted by Gasteiger charge is 2.14. The van der Waals surface area contributed by atoms with Gasteiger partial charge in [-0.15, -0.1) is 0 Å². The SMILES string of the molecule is CCCCCCCCC\C=C/C=C\C=C/C=C\C=C\C(=O)OCC(COC(=O)/C=C/C=C\C=C/C=C\C=C/CCCCCCCCC)OO. The van der Waals surface area contributed by atoms with E-state index in [0.717, 1.165) is 12.8 Å². The molecule has 6 nitrogen and oxygen atoms in total. The first-order valence-corrected chi connectivity index (χ1v) is 18.4. The lowest BCUT2D eigenvalue weighted by molar-refractivity contribution is -0.292. The molecule has 0 aromatic rings. The molecular formula is C43H64O6. The Morgan fingerprint density at radius 1 is 0.449 bits per heavy atom. The summed E-state index contributed by atoms with van der Waals surface area (Å²) in [5, 5.41) is 9.04. The van der Waals surface area contributed by atoms with E-state index in [4.69, 9.17) is 14.7 Å². The third kappa shape index (κ3) is 36.9. The number of unbranched alkanes of at least 4 members (excludes halogenated alkanes) is 14. The molecule has 0 spiro atoms. The molecule has 0 amide bonds. The molecule has 0 unspecified atom stereocenters. The lowest BCUT2D eigenvalue weighted by Crippen LogP contribution is -2.27. The minimum absolute atomic E-state index is 0.274. The van der Waals surface area contributed by atoms with Crippen molar-refractivity contribution < 1.29 is 29.2 Å². The van der Waals surface area contributed by atoms with Crippen LogP contribution in [-0.2, 0) is 24.0 Å². The standard InChI is InChI=1S/C43H64O6/c1-3-5-7-9-11-13-15-17-19-21-23-25-27-29-31-33-35-37-42(44)47-39-41(49-46)40-48-43(45)38-36-34-32-30-28-26-24-22-20-18-16-14-12-10-8-6-4-2/h19-38,41,46H,3-18,39-40H2,1-2H3/b21-19-,22-20-,25-23-,26-24-,29-27-,30-28-,33-31-,34-32-,37-35+,38-36+. The molecule has 0 aliphatic heterocycles. The summed E-state index contributed by atoms with van der Waals surface area (Å²) in [6, 6.07) is 0. The van der Waals surface area contributed by atoms with Crippen LogP contribution in [0, 0.1) is 0 Å². The van der Waals surface area contributed by atoms with Gasteiger partial charge in [0, 0.05) is 12.2 Å². The van der Waals surface area contributed by atoms with E-state index in [-0.39, 0.29) is 13.2 Å². The van der Waals surface area contributed by atoms with Crippen LogP contribution in [-0.4, -0.2) is 36.5 Å². The molecule has 0 atom stereocenters. The van der Waals surface area contributed by atoms with Crippen molar-refractivity contribution >= 4 is 11.9 Å². The van der Waals surface area contributed by atoms with Gasteiger partial charge in [0.25, 0.3) is 0 Å². The molecule has 272 valence electrons. The minimum Gasteiger partial charge on any atom is -0.459 e. The fourth-order valence-corrected chi connectivity index (χ4v) is 4.38. The average Bonchev–Trinajstić information content (AvgIpc) is 3.11. The lowest BCUT2D eigenvalue weighted by Gasteiger charge is -2.12. The van der Waals surface area contributed by atoms with Crippen molar-refractivity contribution in [2.24, 2.45) is 0 Å². The molecule has 0 rings (SSSR count). The first-order chi connectivity index (χ1) is 24.1. The normalized spacial score (nSPS) is 13.1. The van der Waals surface area contributed by atoms with Crippen LogP contribution in [0.4, 0.5) is 0 Å². The molecule has 0 aromatic heterocycles. The van der Waals surface area contributed by atoms with Gasteiger partial charge in [-0.25, -0.2) is 14.5 Å². The first kappa shape index (κ1) is 45.3. The van der Waals surface area contributed by atoms with Gasteiger partial charge < -0.3 is 9.47 Å². The van der Waals surface area contributed by atoms with Gasteiger partial charge in [-0.05, 0) is 25.7 Å². The molecule has 0 aliphatic rings. The average molecular weight is 677 g/mol. The van der Waals surface area contributed by atoms with Gasteiger partial charge in [0.2, 0.25) is 0 Å².